The van der Waals surface area contributed by atoms with Gasteiger partial charge in [0.1, 0.15) is 0 Å². The van der Waals surface area contributed by atoms with E-state index in [2.05, 4.69) is 20.5 Å². The average Bonchev–Trinajstić information content (AvgIpc) is 3.16. The first-order chi connectivity index (χ1) is 10.2. The first kappa shape index (κ1) is 19.5. The van der Waals surface area contributed by atoms with Crippen LogP contribution in [0.15, 0.2) is 4.99 Å². The van der Waals surface area contributed by atoms with Gasteiger partial charge in [-0.25, -0.2) is 0 Å². The summed E-state index contributed by atoms with van der Waals surface area (Å²) in [6.07, 6.45) is 4.88. The summed E-state index contributed by atoms with van der Waals surface area (Å²) in [6, 6.07) is 0.459. The number of nitrogens with one attached hydrogen (secondary N) is 2. The third kappa shape index (κ3) is 6.68. The highest BCUT2D eigenvalue weighted by molar-refractivity contribution is 14.0. The maximum absolute atomic E-state index is 11.6. The number of hydrogen-bond acceptors (Lipinski definition) is 3. The molecule has 1 saturated heterocycles. The molecule has 0 aromatic rings. The van der Waals surface area contributed by atoms with Crippen molar-refractivity contribution in [3.8, 4) is 0 Å². The van der Waals surface area contributed by atoms with Crippen LogP contribution in [0, 0.1) is 5.92 Å². The number of rotatable bonds is 7. The van der Waals surface area contributed by atoms with E-state index in [4.69, 9.17) is 4.74 Å². The Kier molecular flexibility index (Phi) is 9.08. The number of nitrogens with zero attached hydrogens (tertiary/aromatic N) is 2. The van der Waals surface area contributed by atoms with Gasteiger partial charge in [0.25, 0.3) is 0 Å². The number of likely N-dealkylation sites (tertiary alicyclic amines) is 1. The monoisotopic (exact) mass is 424 g/mol. The van der Waals surface area contributed by atoms with Crippen LogP contribution >= 0.6 is 24.0 Å². The number of amides is 1. The molecule has 0 aromatic heterocycles. The molecule has 1 heterocycles. The summed E-state index contributed by atoms with van der Waals surface area (Å²) in [5.74, 6) is 1.71. The first-order valence-corrected chi connectivity index (χ1v) is 7.96. The maximum atomic E-state index is 11.6. The lowest BCUT2D eigenvalue weighted by atomic mass is 10.1. The van der Waals surface area contributed by atoms with E-state index in [9.17, 15) is 4.79 Å². The predicted octanol–water partition coefficient (Wildman–Crippen LogP) is 1.21. The molecule has 1 amide bonds. The number of ether oxygens (including phenoxy) is 1. The smallest absolute Gasteiger partial charge is 0.220 e. The van der Waals surface area contributed by atoms with Gasteiger partial charge in [0, 0.05) is 52.2 Å². The Morgan fingerprint density at radius 2 is 2.14 bits per heavy atom. The van der Waals surface area contributed by atoms with E-state index >= 15 is 0 Å². The van der Waals surface area contributed by atoms with Crippen molar-refractivity contribution in [1.29, 1.82) is 0 Å². The Labute approximate surface area is 150 Å². The van der Waals surface area contributed by atoms with Gasteiger partial charge in [-0.2, -0.15) is 0 Å². The normalized spacial score (nSPS) is 21.5. The molecule has 2 N–H and O–H groups in total. The van der Waals surface area contributed by atoms with E-state index in [0.717, 1.165) is 57.9 Å². The van der Waals surface area contributed by atoms with E-state index in [1.54, 1.807) is 7.11 Å². The predicted molar refractivity (Wildman–Crippen MR) is 98.7 cm³/mol. The molecule has 22 heavy (non-hydrogen) atoms. The van der Waals surface area contributed by atoms with Gasteiger partial charge in [-0.1, -0.05) is 0 Å². The number of methoxy groups -OCH3 is 1. The lowest BCUT2D eigenvalue weighted by molar-refractivity contribution is -0.121. The molecule has 1 saturated carbocycles. The average molecular weight is 424 g/mol. The number of carbonyl (C=O) groups is 1. The van der Waals surface area contributed by atoms with Crippen molar-refractivity contribution in [2.24, 2.45) is 10.9 Å². The summed E-state index contributed by atoms with van der Waals surface area (Å²) >= 11 is 0. The fourth-order valence-electron chi connectivity index (χ4n) is 2.71. The van der Waals surface area contributed by atoms with E-state index in [1.807, 2.05) is 7.05 Å². The minimum absolute atomic E-state index is 0. The van der Waals surface area contributed by atoms with Gasteiger partial charge in [0.2, 0.25) is 5.91 Å². The lowest BCUT2D eigenvalue weighted by Gasteiger charge is -2.21. The lowest BCUT2D eigenvalue weighted by Crippen LogP contribution is -2.40. The molecular formula is C15H29IN4O2. The van der Waals surface area contributed by atoms with Crippen molar-refractivity contribution >= 4 is 35.8 Å². The van der Waals surface area contributed by atoms with Crippen molar-refractivity contribution in [3.05, 3.63) is 0 Å². The molecule has 6 nitrogen and oxygen atoms in total. The van der Waals surface area contributed by atoms with E-state index in [0.29, 0.717) is 18.4 Å². The van der Waals surface area contributed by atoms with Crippen LogP contribution in [-0.2, 0) is 9.53 Å². The van der Waals surface area contributed by atoms with Crippen LogP contribution in [0.5, 0.6) is 0 Å². The maximum Gasteiger partial charge on any atom is 0.220 e. The van der Waals surface area contributed by atoms with Crippen LogP contribution in [0.3, 0.4) is 0 Å². The SMILES string of the molecule is CN=C(NCCCC(=O)NC1CC1)N1CCC(COC)C1.I. The minimum Gasteiger partial charge on any atom is -0.384 e. The third-order valence-electron chi connectivity index (χ3n) is 4.01. The Morgan fingerprint density at radius 1 is 1.36 bits per heavy atom. The van der Waals surface area contributed by atoms with Gasteiger partial charge in [-0.3, -0.25) is 9.79 Å². The molecule has 1 aliphatic heterocycles. The number of carbonyl (C=O) groups excluding carboxylic acids is 1. The molecule has 1 atom stereocenters. The Balaban J connectivity index is 0.00000242. The van der Waals surface area contributed by atoms with Crippen molar-refractivity contribution in [3.63, 3.8) is 0 Å². The minimum atomic E-state index is 0. The van der Waals surface area contributed by atoms with Gasteiger partial charge in [0.15, 0.2) is 5.96 Å². The second-order valence-electron chi connectivity index (χ2n) is 5.98. The summed E-state index contributed by atoms with van der Waals surface area (Å²) in [5, 5.41) is 6.36. The zero-order valence-electron chi connectivity index (χ0n) is 13.6. The molecule has 2 fully saturated rings. The topological polar surface area (TPSA) is 66.0 Å². The summed E-state index contributed by atoms with van der Waals surface area (Å²) < 4.78 is 5.22. The Morgan fingerprint density at radius 3 is 2.77 bits per heavy atom. The fraction of sp³-hybridized carbons (Fsp3) is 0.867. The quantitative estimate of drug-likeness (QED) is 0.279. The highest BCUT2D eigenvalue weighted by atomic mass is 127. The number of aliphatic imine (C=N–C) groups is 1. The van der Waals surface area contributed by atoms with Crippen LogP contribution in [0.25, 0.3) is 0 Å². The van der Waals surface area contributed by atoms with Crippen molar-refractivity contribution in [1.82, 2.24) is 15.5 Å². The fourth-order valence-corrected chi connectivity index (χ4v) is 2.71. The second-order valence-corrected chi connectivity index (χ2v) is 5.98. The van der Waals surface area contributed by atoms with E-state index in [-0.39, 0.29) is 29.9 Å². The molecule has 0 spiro atoms. The number of guanidine groups is 1. The van der Waals surface area contributed by atoms with Crippen molar-refractivity contribution in [2.75, 3.05) is 40.4 Å². The van der Waals surface area contributed by atoms with Crippen molar-refractivity contribution < 1.29 is 9.53 Å². The number of halogens is 1. The molecule has 1 unspecified atom stereocenters. The van der Waals surface area contributed by atoms with E-state index in [1.165, 1.54) is 0 Å². The molecule has 7 heteroatoms. The van der Waals surface area contributed by atoms with Crippen LogP contribution in [-0.4, -0.2) is 63.2 Å². The van der Waals surface area contributed by atoms with Gasteiger partial charge in [-0.05, 0) is 25.7 Å². The highest BCUT2D eigenvalue weighted by Gasteiger charge is 2.25. The summed E-state index contributed by atoms with van der Waals surface area (Å²) in [5.41, 5.74) is 0. The standard InChI is InChI=1S/C15H28N4O2.HI/c1-16-15(19-9-7-12(10-19)11-21-2)17-8-3-4-14(20)18-13-5-6-13;/h12-13H,3-11H2,1-2H3,(H,16,17)(H,18,20);1H. The molecule has 128 valence electrons. The summed E-state index contributed by atoms with van der Waals surface area (Å²) in [7, 11) is 3.56. The van der Waals surface area contributed by atoms with E-state index < -0.39 is 0 Å². The van der Waals surface area contributed by atoms with Crippen LogP contribution < -0.4 is 10.6 Å². The zero-order chi connectivity index (χ0) is 15.1. The Bertz CT molecular complexity index is 375. The molecule has 0 aromatic carbocycles. The zero-order valence-corrected chi connectivity index (χ0v) is 16.0. The summed E-state index contributed by atoms with van der Waals surface area (Å²) in [6.45, 7) is 3.62. The van der Waals surface area contributed by atoms with Gasteiger partial charge >= 0.3 is 0 Å². The van der Waals surface area contributed by atoms with Crippen LogP contribution in [0.4, 0.5) is 0 Å². The highest BCUT2D eigenvalue weighted by Crippen LogP contribution is 2.18. The first-order valence-electron chi connectivity index (χ1n) is 7.96. The molecule has 0 bridgehead atoms. The number of hydrogen-bond donors (Lipinski definition) is 2. The second kappa shape index (κ2) is 10.3. The van der Waals surface area contributed by atoms with Crippen LogP contribution in [0.2, 0.25) is 0 Å². The Hall–Kier alpha value is -0.570. The molecule has 0 radical (unpaired) electrons. The molecule has 2 rings (SSSR count). The largest absolute Gasteiger partial charge is 0.384 e. The van der Waals surface area contributed by atoms with Gasteiger partial charge in [-0.15, -0.1) is 24.0 Å². The summed E-state index contributed by atoms with van der Waals surface area (Å²) in [4.78, 5) is 18.2. The van der Waals surface area contributed by atoms with Crippen molar-refractivity contribution in [2.45, 2.75) is 38.1 Å². The van der Waals surface area contributed by atoms with Gasteiger partial charge in [0.05, 0.1) is 6.61 Å². The van der Waals surface area contributed by atoms with Gasteiger partial charge < -0.3 is 20.3 Å². The van der Waals surface area contributed by atoms with Crippen LogP contribution in [0.1, 0.15) is 32.1 Å². The molecule has 1 aliphatic carbocycles. The molecular weight excluding hydrogens is 395 g/mol. The molecule has 2 aliphatic rings. The third-order valence-corrected chi connectivity index (χ3v) is 4.01.